The van der Waals surface area contributed by atoms with Gasteiger partial charge >= 0.3 is 5.97 Å². The lowest BCUT2D eigenvalue weighted by Gasteiger charge is -2.14. The molecule has 0 spiro atoms. The maximum atomic E-state index is 11.0. The number of hydrogen-bond donors (Lipinski definition) is 1. The third-order valence-corrected chi connectivity index (χ3v) is 3.89. The van der Waals surface area contributed by atoms with Crippen LogP contribution in [-0.2, 0) is 16.0 Å². The van der Waals surface area contributed by atoms with Gasteiger partial charge in [-0.3, -0.25) is 4.79 Å². The van der Waals surface area contributed by atoms with Gasteiger partial charge in [0.2, 0.25) is 5.89 Å². The Kier molecular flexibility index (Phi) is 4.78. The summed E-state index contributed by atoms with van der Waals surface area (Å²) in [7, 11) is 0. The van der Waals surface area contributed by atoms with Crippen LogP contribution < -0.4 is 0 Å². The van der Waals surface area contributed by atoms with E-state index in [0.29, 0.717) is 17.5 Å². The number of carboxylic acids is 1. The molecule has 0 saturated heterocycles. The monoisotopic (exact) mass is 272 g/mol. The highest BCUT2D eigenvalue weighted by molar-refractivity contribution is 7.99. The van der Waals surface area contributed by atoms with Crippen LogP contribution in [0.2, 0.25) is 0 Å². The molecule has 1 N–H and O–H groups in total. The van der Waals surface area contributed by atoms with E-state index in [-0.39, 0.29) is 11.3 Å². The first-order valence-electron chi connectivity index (χ1n) is 5.89. The van der Waals surface area contributed by atoms with Gasteiger partial charge in [-0.15, -0.1) is 11.8 Å². The maximum absolute atomic E-state index is 11.0. The van der Waals surface area contributed by atoms with Crippen LogP contribution in [0.4, 0.5) is 0 Å². The van der Waals surface area contributed by atoms with Crippen molar-refractivity contribution in [1.82, 2.24) is 10.1 Å². The molecule has 1 rings (SSSR count). The van der Waals surface area contributed by atoms with Crippen LogP contribution in [0.5, 0.6) is 0 Å². The van der Waals surface area contributed by atoms with Crippen molar-refractivity contribution in [1.29, 1.82) is 0 Å². The Labute approximate surface area is 111 Å². The molecule has 0 aliphatic heterocycles. The normalized spacial score (nSPS) is 13.9. The zero-order valence-electron chi connectivity index (χ0n) is 11.4. The van der Waals surface area contributed by atoms with Crippen LogP contribution >= 0.6 is 11.8 Å². The molecule has 1 atom stereocenters. The van der Waals surface area contributed by atoms with Crippen molar-refractivity contribution in [3.8, 4) is 0 Å². The van der Waals surface area contributed by atoms with E-state index in [1.54, 1.807) is 0 Å². The average molecular weight is 272 g/mol. The van der Waals surface area contributed by atoms with E-state index in [2.05, 4.69) is 10.1 Å². The SMILES string of the molecule is CC(C)C(SCc1nc(C(C)(C)C)no1)C(=O)O. The largest absolute Gasteiger partial charge is 0.480 e. The highest BCUT2D eigenvalue weighted by Gasteiger charge is 2.24. The van der Waals surface area contributed by atoms with E-state index in [1.165, 1.54) is 11.8 Å². The van der Waals surface area contributed by atoms with Crippen LogP contribution in [0.15, 0.2) is 4.52 Å². The number of rotatable bonds is 5. The van der Waals surface area contributed by atoms with Gasteiger partial charge in [0, 0.05) is 5.41 Å². The number of aliphatic carboxylic acids is 1. The van der Waals surface area contributed by atoms with Crippen LogP contribution in [0, 0.1) is 5.92 Å². The molecule has 0 aromatic carbocycles. The number of hydrogen-bond acceptors (Lipinski definition) is 5. The van der Waals surface area contributed by atoms with Gasteiger partial charge in [-0.25, -0.2) is 0 Å². The Balaban J connectivity index is 2.63. The summed E-state index contributed by atoms with van der Waals surface area (Å²) in [5.74, 6) is 0.826. The Hall–Kier alpha value is -1.04. The molecule has 1 aromatic heterocycles. The van der Waals surface area contributed by atoms with Gasteiger partial charge in [0.1, 0.15) is 5.25 Å². The molecule has 0 bridgehead atoms. The van der Waals surface area contributed by atoms with Gasteiger partial charge in [-0.05, 0) is 5.92 Å². The fourth-order valence-electron chi connectivity index (χ4n) is 1.33. The first-order valence-corrected chi connectivity index (χ1v) is 6.94. The average Bonchev–Trinajstić information content (AvgIpc) is 2.64. The Morgan fingerprint density at radius 3 is 2.44 bits per heavy atom. The lowest BCUT2D eigenvalue weighted by Crippen LogP contribution is -2.22. The molecule has 0 aliphatic rings. The molecule has 0 radical (unpaired) electrons. The zero-order valence-corrected chi connectivity index (χ0v) is 12.2. The minimum Gasteiger partial charge on any atom is -0.480 e. The van der Waals surface area contributed by atoms with E-state index < -0.39 is 11.2 Å². The van der Waals surface area contributed by atoms with E-state index in [0.717, 1.165) is 0 Å². The molecular weight excluding hydrogens is 252 g/mol. The first-order chi connectivity index (χ1) is 8.21. The van der Waals surface area contributed by atoms with Gasteiger partial charge in [0.05, 0.1) is 5.75 Å². The van der Waals surface area contributed by atoms with Crippen molar-refractivity contribution in [2.75, 3.05) is 0 Å². The lowest BCUT2D eigenvalue weighted by atomic mass is 9.96. The van der Waals surface area contributed by atoms with Crippen LogP contribution in [0.3, 0.4) is 0 Å². The Morgan fingerprint density at radius 1 is 1.44 bits per heavy atom. The second-order valence-electron chi connectivity index (χ2n) is 5.58. The standard InChI is InChI=1S/C12H20N2O3S/c1-7(2)9(10(15)16)18-6-8-13-11(14-17-8)12(3,4)5/h7,9H,6H2,1-5H3,(H,15,16). The van der Waals surface area contributed by atoms with Gasteiger partial charge < -0.3 is 9.63 Å². The van der Waals surface area contributed by atoms with E-state index in [1.807, 2.05) is 34.6 Å². The molecule has 0 fully saturated rings. The van der Waals surface area contributed by atoms with E-state index >= 15 is 0 Å². The molecular formula is C12H20N2O3S. The van der Waals surface area contributed by atoms with Gasteiger partial charge in [-0.1, -0.05) is 39.8 Å². The van der Waals surface area contributed by atoms with Gasteiger partial charge in [0.25, 0.3) is 0 Å². The smallest absolute Gasteiger partial charge is 0.316 e. The predicted molar refractivity (Wildman–Crippen MR) is 70.6 cm³/mol. The molecule has 0 amide bonds. The summed E-state index contributed by atoms with van der Waals surface area (Å²) in [5.41, 5.74) is -0.156. The molecule has 18 heavy (non-hydrogen) atoms. The number of aromatic nitrogens is 2. The molecule has 1 heterocycles. The molecule has 0 saturated carbocycles. The Morgan fingerprint density at radius 2 is 2.06 bits per heavy atom. The third kappa shape index (κ3) is 4.01. The highest BCUT2D eigenvalue weighted by Crippen LogP contribution is 2.25. The number of carboxylic acid groups (broad SMARTS) is 1. The fraction of sp³-hybridized carbons (Fsp3) is 0.750. The summed E-state index contributed by atoms with van der Waals surface area (Å²) in [4.78, 5) is 15.3. The topological polar surface area (TPSA) is 76.2 Å². The van der Waals surface area contributed by atoms with Crippen LogP contribution in [0.25, 0.3) is 0 Å². The van der Waals surface area contributed by atoms with Crippen molar-refractivity contribution in [2.24, 2.45) is 5.92 Å². The second kappa shape index (κ2) is 5.73. The van der Waals surface area contributed by atoms with Crippen LogP contribution in [0.1, 0.15) is 46.3 Å². The maximum Gasteiger partial charge on any atom is 0.316 e. The van der Waals surface area contributed by atoms with E-state index in [9.17, 15) is 4.79 Å². The number of nitrogens with zero attached hydrogens (tertiary/aromatic N) is 2. The number of thioether (sulfide) groups is 1. The Bertz CT molecular complexity index is 410. The summed E-state index contributed by atoms with van der Waals surface area (Å²) < 4.78 is 5.13. The minimum absolute atomic E-state index is 0.0671. The van der Waals surface area contributed by atoms with Crippen molar-refractivity contribution < 1.29 is 14.4 Å². The number of carbonyl (C=O) groups is 1. The quantitative estimate of drug-likeness (QED) is 0.888. The third-order valence-electron chi connectivity index (χ3n) is 2.37. The fourth-order valence-corrected chi connectivity index (χ4v) is 2.29. The summed E-state index contributed by atoms with van der Waals surface area (Å²) in [6.45, 7) is 9.79. The summed E-state index contributed by atoms with van der Waals surface area (Å²) in [5, 5.41) is 12.5. The van der Waals surface area contributed by atoms with E-state index in [4.69, 9.17) is 9.63 Å². The van der Waals surface area contributed by atoms with Crippen molar-refractivity contribution in [3.05, 3.63) is 11.7 Å². The van der Waals surface area contributed by atoms with Crippen molar-refractivity contribution >= 4 is 17.7 Å². The highest BCUT2D eigenvalue weighted by atomic mass is 32.2. The molecule has 102 valence electrons. The summed E-state index contributed by atoms with van der Waals surface area (Å²) in [6, 6.07) is 0. The predicted octanol–water partition coefficient (Wildman–Crippen LogP) is 2.71. The second-order valence-corrected chi connectivity index (χ2v) is 6.71. The minimum atomic E-state index is -0.800. The van der Waals surface area contributed by atoms with Gasteiger partial charge in [-0.2, -0.15) is 4.98 Å². The molecule has 0 aliphatic carbocycles. The molecule has 1 aromatic rings. The van der Waals surface area contributed by atoms with Crippen molar-refractivity contribution in [2.45, 2.75) is 51.0 Å². The molecule has 6 heteroatoms. The molecule has 5 nitrogen and oxygen atoms in total. The first kappa shape index (κ1) is 15.0. The summed E-state index contributed by atoms with van der Waals surface area (Å²) >= 11 is 1.32. The molecule has 1 unspecified atom stereocenters. The van der Waals surface area contributed by atoms with Crippen LogP contribution in [-0.4, -0.2) is 26.5 Å². The summed E-state index contributed by atoms with van der Waals surface area (Å²) in [6.07, 6.45) is 0. The lowest BCUT2D eigenvalue weighted by molar-refractivity contribution is -0.137. The zero-order chi connectivity index (χ0) is 13.9. The van der Waals surface area contributed by atoms with Gasteiger partial charge in [0.15, 0.2) is 5.82 Å². The van der Waals surface area contributed by atoms with Crippen molar-refractivity contribution in [3.63, 3.8) is 0 Å².